The average Bonchev–Trinajstić information content (AvgIpc) is 3.04. The summed E-state index contributed by atoms with van der Waals surface area (Å²) in [6.07, 6.45) is -29.4. The molecule has 4 aliphatic heterocycles. The molecule has 16 N–H and O–H groups in total. The number of fused-ring (bicyclic) bond motifs is 5. The number of ether oxygens (including phenoxy) is 8. The zero-order valence-corrected chi connectivity index (χ0v) is 46.1. The predicted molar refractivity (Wildman–Crippen MR) is 268 cm³/mol. The molecule has 0 amide bonds. The first-order chi connectivity index (χ1) is 36.5. The van der Waals surface area contributed by atoms with Gasteiger partial charge >= 0.3 is 0 Å². The van der Waals surface area contributed by atoms with Gasteiger partial charge in [-0.2, -0.15) is 0 Å². The molecule has 0 bridgehead atoms. The monoisotopic (exact) mass is 1120 g/mol. The third-order valence-corrected chi connectivity index (χ3v) is 20.9. The van der Waals surface area contributed by atoms with E-state index in [4.69, 9.17) is 37.9 Å². The number of aliphatic hydroxyl groups is 16. The van der Waals surface area contributed by atoms with Gasteiger partial charge in [-0.3, -0.25) is 0 Å². The second kappa shape index (κ2) is 23.7. The summed E-state index contributed by atoms with van der Waals surface area (Å²) in [4.78, 5) is 0. The second-order valence-corrected chi connectivity index (χ2v) is 25.8. The number of aliphatic hydroxyl groups excluding tert-OH is 16. The van der Waals surface area contributed by atoms with Crippen molar-refractivity contribution in [1.82, 2.24) is 0 Å². The molecule has 452 valence electrons. The lowest BCUT2D eigenvalue weighted by Gasteiger charge is -2.69. The van der Waals surface area contributed by atoms with Crippen molar-refractivity contribution in [3.05, 3.63) is 11.6 Å². The van der Waals surface area contributed by atoms with Crippen molar-refractivity contribution >= 4 is 0 Å². The van der Waals surface area contributed by atoms with E-state index in [0.717, 1.165) is 12.0 Å². The maximum atomic E-state index is 13.0. The lowest BCUT2D eigenvalue weighted by molar-refractivity contribution is -0.383. The molecule has 0 aromatic rings. The molecule has 8 fully saturated rings. The van der Waals surface area contributed by atoms with Crippen LogP contribution >= 0.6 is 0 Å². The number of rotatable bonds is 16. The maximum absolute atomic E-state index is 13.0. The Balaban J connectivity index is 1.02. The van der Waals surface area contributed by atoms with Gasteiger partial charge in [0.25, 0.3) is 0 Å². The minimum absolute atomic E-state index is 0.0389. The van der Waals surface area contributed by atoms with Gasteiger partial charge in [0.05, 0.1) is 50.3 Å². The SMILES string of the molecule is CC(C)=CCCC(C)(OC1OC(COC2OC(CO)C(O)C(O)C2O)C(O)C(O)C1O)C1CCC2(C)C3CCC4C(C)(C)C(OC5OC(CO)C(O)C(O)C5OC5OC(CO)C(O)C(O)C5O)C(O)CC4(C)C3CC(O)C12C. The topological polar surface area (TPSA) is 398 Å². The highest BCUT2D eigenvalue weighted by molar-refractivity contribution is 5.21. The molecule has 0 aromatic carbocycles. The van der Waals surface area contributed by atoms with E-state index in [-0.39, 0.29) is 30.1 Å². The fourth-order valence-electron chi connectivity index (χ4n) is 16.4. The van der Waals surface area contributed by atoms with Gasteiger partial charge in [0.1, 0.15) is 97.7 Å². The van der Waals surface area contributed by atoms with Crippen molar-refractivity contribution in [2.45, 2.75) is 253 Å². The van der Waals surface area contributed by atoms with Crippen LogP contribution in [0.1, 0.15) is 107 Å². The first-order valence-electron chi connectivity index (χ1n) is 28.0. The Morgan fingerprint density at radius 2 is 1.09 bits per heavy atom. The molecule has 0 radical (unpaired) electrons. The third-order valence-electron chi connectivity index (χ3n) is 20.9. The Hall–Kier alpha value is -1.22. The smallest absolute Gasteiger partial charge is 0.187 e. The average molecular weight is 1130 g/mol. The van der Waals surface area contributed by atoms with Gasteiger partial charge in [-0.1, -0.05) is 46.3 Å². The summed E-state index contributed by atoms with van der Waals surface area (Å²) in [5.74, 6) is -0.556. The molecule has 4 aliphatic carbocycles. The molecule has 31 unspecified atom stereocenters. The van der Waals surface area contributed by atoms with Crippen LogP contribution in [0.5, 0.6) is 0 Å². The molecule has 0 aromatic heterocycles. The lowest BCUT2D eigenvalue weighted by atomic mass is 9.37. The quantitative estimate of drug-likeness (QED) is 0.0534. The Kier molecular flexibility index (Phi) is 19.1. The molecule has 4 saturated heterocycles. The third kappa shape index (κ3) is 10.7. The van der Waals surface area contributed by atoms with E-state index in [0.29, 0.717) is 38.5 Å². The highest BCUT2D eigenvalue weighted by Gasteiger charge is 2.73. The molecule has 8 rings (SSSR count). The highest BCUT2D eigenvalue weighted by atomic mass is 16.8. The Morgan fingerprint density at radius 1 is 0.577 bits per heavy atom. The summed E-state index contributed by atoms with van der Waals surface area (Å²) >= 11 is 0. The minimum atomic E-state index is -1.87. The van der Waals surface area contributed by atoms with E-state index in [1.54, 1.807) is 0 Å². The van der Waals surface area contributed by atoms with Gasteiger partial charge in [-0.15, -0.1) is 0 Å². The van der Waals surface area contributed by atoms with E-state index < -0.39 is 195 Å². The molecular weight excluding hydrogens is 1030 g/mol. The minimum Gasteiger partial charge on any atom is -0.394 e. The van der Waals surface area contributed by atoms with Crippen LogP contribution in [0.4, 0.5) is 0 Å². The largest absolute Gasteiger partial charge is 0.394 e. The highest BCUT2D eigenvalue weighted by Crippen LogP contribution is 2.75. The fourth-order valence-corrected chi connectivity index (χ4v) is 16.4. The van der Waals surface area contributed by atoms with Crippen molar-refractivity contribution in [3.8, 4) is 0 Å². The predicted octanol–water partition coefficient (Wildman–Crippen LogP) is -3.23. The normalized spacial score (nSPS) is 53.1. The molecule has 24 heteroatoms. The molecule has 8 aliphatic rings. The van der Waals surface area contributed by atoms with E-state index in [1.807, 2.05) is 34.6 Å². The summed E-state index contributed by atoms with van der Waals surface area (Å²) < 4.78 is 48.6. The van der Waals surface area contributed by atoms with Crippen LogP contribution in [0.3, 0.4) is 0 Å². The zero-order valence-electron chi connectivity index (χ0n) is 46.1. The molecule has 0 spiro atoms. The molecular formula is C54H92O24. The van der Waals surface area contributed by atoms with Gasteiger partial charge in [0.2, 0.25) is 0 Å². The molecule has 31 atom stereocenters. The maximum Gasteiger partial charge on any atom is 0.187 e. The molecule has 78 heavy (non-hydrogen) atoms. The Morgan fingerprint density at radius 3 is 1.67 bits per heavy atom. The van der Waals surface area contributed by atoms with Crippen LogP contribution in [0.2, 0.25) is 0 Å². The Bertz CT molecular complexity index is 2030. The van der Waals surface area contributed by atoms with Crippen LogP contribution < -0.4 is 0 Å². The van der Waals surface area contributed by atoms with E-state index in [1.165, 1.54) is 0 Å². The van der Waals surface area contributed by atoms with E-state index in [2.05, 4.69) is 26.8 Å². The number of hydrogen-bond acceptors (Lipinski definition) is 24. The summed E-state index contributed by atoms with van der Waals surface area (Å²) in [5.41, 5.74) is -2.82. The standard InChI is InChI=1S/C54H92O24/c1-22(2)10-9-14-53(7,78-48-43(70)39(66)36(63)29(75-48)21-71-46-41(68)37(64)33(60)26(18-55)72-46)31-13-15-52(6)23-11-12-30-50(3,4)45(25(58)17-51(30,5)24(23)16-32(59)54(31,52)8)77-49-44(40(67)35(62)28(20-57)74-49)76-47-42(69)38(65)34(61)27(19-56)73-47/h10,23-49,55-70H,9,11-21H2,1-8H3. The van der Waals surface area contributed by atoms with E-state index in [9.17, 15) is 81.7 Å². The summed E-state index contributed by atoms with van der Waals surface area (Å²) in [6, 6.07) is 0. The molecule has 24 nitrogen and oxygen atoms in total. The van der Waals surface area contributed by atoms with Crippen molar-refractivity contribution < 1.29 is 120 Å². The van der Waals surface area contributed by atoms with Gasteiger partial charge in [0.15, 0.2) is 25.2 Å². The summed E-state index contributed by atoms with van der Waals surface area (Å²) in [5, 5.41) is 174. The Labute approximate surface area is 455 Å². The van der Waals surface area contributed by atoms with Gasteiger partial charge < -0.3 is 120 Å². The number of hydrogen-bond donors (Lipinski definition) is 16. The molecule has 4 heterocycles. The van der Waals surface area contributed by atoms with Crippen LogP contribution in [-0.2, 0) is 37.9 Å². The first-order valence-corrected chi connectivity index (χ1v) is 28.0. The van der Waals surface area contributed by atoms with E-state index >= 15 is 0 Å². The lowest BCUT2D eigenvalue weighted by Crippen LogP contribution is -2.69. The summed E-state index contributed by atoms with van der Waals surface area (Å²) in [6.45, 7) is 13.6. The van der Waals surface area contributed by atoms with Crippen LogP contribution in [0.15, 0.2) is 11.6 Å². The number of allylic oxidation sites excluding steroid dienone is 2. The first kappa shape index (κ1) is 62.8. The van der Waals surface area contributed by atoms with Crippen LogP contribution in [-0.4, -0.2) is 255 Å². The second-order valence-electron chi connectivity index (χ2n) is 25.8. The van der Waals surface area contributed by atoms with Gasteiger partial charge in [0, 0.05) is 5.41 Å². The van der Waals surface area contributed by atoms with Crippen molar-refractivity contribution in [2.75, 3.05) is 26.4 Å². The van der Waals surface area contributed by atoms with Gasteiger partial charge in [-0.25, -0.2) is 0 Å². The van der Waals surface area contributed by atoms with Crippen molar-refractivity contribution in [1.29, 1.82) is 0 Å². The van der Waals surface area contributed by atoms with Crippen molar-refractivity contribution in [2.24, 2.45) is 45.3 Å². The van der Waals surface area contributed by atoms with Crippen LogP contribution in [0.25, 0.3) is 0 Å². The van der Waals surface area contributed by atoms with Crippen LogP contribution in [0, 0.1) is 45.3 Å². The molecule has 4 saturated carbocycles. The van der Waals surface area contributed by atoms with Gasteiger partial charge in [-0.05, 0) is 112 Å². The zero-order chi connectivity index (χ0) is 57.5. The van der Waals surface area contributed by atoms with Crippen molar-refractivity contribution in [3.63, 3.8) is 0 Å². The summed E-state index contributed by atoms with van der Waals surface area (Å²) in [7, 11) is 0. The fraction of sp³-hybridized carbons (Fsp3) is 0.963.